The van der Waals surface area contributed by atoms with E-state index in [1.807, 2.05) is 78.2 Å². The van der Waals surface area contributed by atoms with E-state index >= 15 is 0 Å². The van der Waals surface area contributed by atoms with Crippen molar-refractivity contribution in [3.63, 3.8) is 0 Å². The zero-order valence-corrected chi connectivity index (χ0v) is 20.4. The molecule has 3 aromatic carbocycles. The van der Waals surface area contributed by atoms with Gasteiger partial charge in [-0.15, -0.1) is 15.3 Å². The van der Waals surface area contributed by atoms with E-state index < -0.39 is 0 Å². The van der Waals surface area contributed by atoms with Crippen LogP contribution < -0.4 is 9.54 Å². The van der Waals surface area contributed by atoms with E-state index in [1.54, 1.807) is 19.2 Å². The van der Waals surface area contributed by atoms with Gasteiger partial charge in [-0.2, -0.15) is 4.99 Å². The predicted molar refractivity (Wildman–Crippen MR) is 136 cm³/mol. The summed E-state index contributed by atoms with van der Waals surface area (Å²) >= 11 is 7.35. The number of hydrogen-bond donors (Lipinski definition) is 0. The highest BCUT2D eigenvalue weighted by atomic mass is 35.5. The Kier molecular flexibility index (Phi) is 6.51. The van der Waals surface area contributed by atoms with Gasteiger partial charge >= 0.3 is 6.01 Å². The molecule has 2 heterocycles. The van der Waals surface area contributed by atoms with Gasteiger partial charge in [0.2, 0.25) is 10.7 Å². The summed E-state index contributed by atoms with van der Waals surface area (Å²) in [6.07, 6.45) is 0. The van der Waals surface area contributed by atoms with Crippen LogP contribution in [0, 0.1) is 6.92 Å². The number of ether oxygens (including phenoxy) is 1. The summed E-state index contributed by atoms with van der Waals surface area (Å²) in [6.45, 7) is 1.97. The van der Waals surface area contributed by atoms with E-state index in [1.165, 1.54) is 11.3 Å². The summed E-state index contributed by atoms with van der Waals surface area (Å²) in [4.78, 5) is 5.27. The molecule has 0 spiro atoms. The van der Waals surface area contributed by atoms with Crippen LogP contribution in [0.4, 0.5) is 16.7 Å². The minimum absolute atomic E-state index is 0.138. The minimum atomic E-state index is 0.138. The van der Waals surface area contributed by atoms with Crippen LogP contribution in [0.25, 0.3) is 17.1 Å². The maximum atomic E-state index is 5.97. The fourth-order valence-electron chi connectivity index (χ4n) is 3.30. The summed E-state index contributed by atoms with van der Waals surface area (Å²) in [6, 6.07) is 24.6. The Labute approximate surface area is 209 Å². The van der Waals surface area contributed by atoms with Gasteiger partial charge in [0.15, 0.2) is 5.00 Å². The van der Waals surface area contributed by atoms with Crippen molar-refractivity contribution in [1.82, 2.24) is 14.8 Å². The maximum Gasteiger partial charge on any atom is 0.345 e. The number of aromatic nitrogens is 3. The third-order valence-electron chi connectivity index (χ3n) is 5.06. The zero-order valence-electron chi connectivity index (χ0n) is 18.8. The number of thiazole rings is 1. The molecule has 0 amide bonds. The van der Waals surface area contributed by atoms with Crippen molar-refractivity contribution in [2.75, 3.05) is 7.11 Å². The van der Waals surface area contributed by atoms with Gasteiger partial charge in [0.1, 0.15) is 5.75 Å². The van der Waals surface area contributed by atoms with E-state index in [0.29, 0.717) is 26.4 Å². The van der Waals surface area contributed by atoms with Gasteiger partial charge in [0.25, 0.3) is 0 Å². The monoisotopic (exact) mass is 502 g/mol. The first kappa shape index (κ1) is 22.7. The van der Waals surface area contributed by atoms with Gasteiger partial charge in [-0.3, -0.25) is 4.57 Å². The van der Waals surface area contributed by atoms with Crippen molar-refractivity contribution in [3.8, 4) is 22.9 Å². The maximum absolute atomic E-state index is 5.97. The molecule has 0 aliphatic carbocycles. The number of methoxy groups -OCH3 is 1. The van der Waals surface area contributed by atoms with Gasteiger partial charge in [0, 0.05) is 16.3 Å². The van der Waals surface area contributed by atoms with Crippen molar-refractivity contribution in [1.29, 1.82) is 0 Å². The van der Waals surface area contributed by atoms with Crippen LogP contribution >= 0.6 is 22.9 Å². The molecule has 0 saturated heterocycles. The largest absolute Gasteiger partial charge is 0.497 e. The average molecular weight is 503 g/mol. The van der Waals surface area contributed by atoms with E-state index in [0.717, 1.165) is 22.7 Å². The predicted octanol–water partition coefficient (Wildman–Crippen LogP) is 7.21. The van der Waals surface area contributed by atoms with Crippen LogP contribution in [0.15, 0.2) is 98.5 Å². The highest BCUT2D eigenvalue weighted by Crippen LogP contribution is 2.29. The molecule has 2 aromatic heterocycles. The molecule has 8 nitrogen and oxygen atoms in total. The number of halogens is 1. The quantitative estimate of drug-likeness (QED) is 0.229. The van der Waals surface area contributed by atoms with Crippen LogP contribution in [0.1, 0.15) is 5.69 Å². The Balaban J connectivity index is 1.55. The lowest BCUT2D eigenvalue weighted by Crippen LogP contribution is -2.13. The van der Waals surface area contributed by atoms with Crippen molar-refractivity contribution in [2.45, 2.75) is 6.92 Å². The molecule has 0 unspecified atom stereocenters. The second-order valence-corrected chi connectivity index (χ2v) is 8.75. The molecule has 0 aliphatic heterocycles. The SMILES string of the molecule is COc1ccc(N=Nc2sc(=Nc3nnc(-c4ccc(Cl)cc4)o3)n(-c3ccccc3)c2C)cc1. The molecule has 5 aromatic rings. The molecule has 0 aliphatic rings. The van der Waals surface area contributed by atoms with Gasteiger partial charge in [-0.05, 0) is 67.6 Å². The van der Waals surface area contributed by atoms with E-state index in [-0.39, 0.29) is 6.01 Å². The van der Waals surface area contributed by atoms with E-state index in [2.05, 4.69) is 25.4 Å². The molecular formula is C25H19ClN6O2S. The smallest absolute Gasteiger partial charge is 0.345 e. The highest BCUT2D eigenvalue weighted by molar-refractivity contribution is 7.13. The van der Waals surface area contributed by atoms with Crippen molar-refractivity contribution < 1.29 is 9.15 Å². The molecule has 174 valence electrons. The molecule has 5 rings (SSSR count). The van der Waals surface area contributed by atoms with Crippen LogP contribution in [-0.2, 0) is 0 Å². The van der Waals surface area contributed by atoms with Crippen LogP contribution in [-0.4, -0.2) is 21.9 Å². The van der Waals surface area contributed by atoms with Gasteiger partial charge in [-0.25, -0.2) is 0 Å². The summed E-state index contributed by atoms with van der Waals surface area (Å²) in [5.41, 5.74) is 3.29. The van der Waals surface area contributed by atoms with Crippen molar-refractivity contribution in [3.05, 3.63) is 94.4 Å². The van der Waals surface area contributed by atoms with Gasteiger partial charge in [0.05, 0.1) is 18.5 Å². The van der Waals surface area contributed by atoms with Gasteiger partial charge in [-0.1, -0.05) is 46.2 Å². The molecule has 10 heteroatoms. The normalized spacial score (nSPS) is 11.9. The Bertz CT molecular complexity index is 1540. The fraction of sp³-hybridized carbons (Fsp3) is 0.0800. The Morgan fingerprint density at radius 3 is 2.37 bits per heavy atom. The second kappa shape index (κ2) is 10.0. The van der Waals surface area contributed by atoms with Crippen molar-refractivity contribution in [2.24, 2.45) is 15.2 Å². The Morgan fingerprint density at radius 2 is 1.66 bits per heavy atom. The summed E-state index contributed by atoms with van der Waals surface area (Å²) in [5.74, 6) is 1.12. The highest BCUT2D eigenvalue weighted by Gasteiger charge is 2.14. The number of azo groups is 1. The van der Waals surface area contributed by atoms with Gasteiger partial charge < -0.3 is 9.15 Å². The Morgan fingerprint density at radius 1 is 0.914 bits per heavy atom. The fourth-order valence-corrected chi connectivity index (χ4v) is 4.37. The summed E-state index contributed by atoms with van der Waals surface area (Å²) in [5, 5.41) is 18.4. The average Bonchev–Trinajstić information content (AvgIpc) is 3.48. The molecule has 0 atom stereocenters. The summed E-state index contributed by atoms with van der Waals surface area (Å²) < 4.78 is 13.0. The van der Waals surface area contributed by atoms with E-state index in [9.17, 15) is 0 Å². The number of hydrogen-bond acceptors (Lipinski definition) is 8. The first-order valence-electron chi connectivity index (χ1n) is 10.6. The van der Waals surface area contributed by atoms with Crippen LogP contribution in [0.3, 0.4) is 0 Å². The summed E-state index contributed by atoms with van der Waals surface area (Å²) in [7, 11) is 1.63. The molecule has 35 heavy (non-hydrogen) atoms. The molecule has 0 radical (unpaired) electrons. The topological polar surface area (TPSA) is 90.2 Å². The number of para-hydroxylation sites is 1. The molecule has 0 N–H and O–H groups in total. The molecular weight excluding hydrogens is 484 g/mol. The molecule has 0 bridgehead atoms. The van der Waals surface area contributed by atoms with E-state index in [4.69, 9.17) is 20.8 Å². The number of nitrogens with zero attached hydrogens (tertiary/aromatic N) is 6. The standard InChI is InChI=1S/C25H19ClN6O2S/c1-16-23(30-28-19-12-14-21(33-2)15-13-19)35-25(32(16)20-6-4-3-5-7-20)27-24-31-29-22(34-24)17-8-10-18(26)11-9-17/h3-15H,1-2H3. The lowest BCUT2D eigenvalue weighted by Gasteiger charge is -2.05. The third kappa shape index (κ3) is 5.06. The molecule has 0 saturated carbocycles. The third-order valence-corrected chi connectivity index (χ3v) is 6.34. The first-order chi connectivity index (χ1) is 17.1. The second-order valence-electron chi connectivity index (χ2n) is 7.35. The lowest BCUT2D eigenvalue weighted by atomic mass is 10.2. The Hall–Kier alpha value is -4.08. The van der Waals surface area contributed by atoms with Crippen LogP contribution in [0.5, 0.6) is 5.75 Å². The first-order valence-corrected chi connectivity index (χ1v) is 11.8. The van der Waals surface area contributed by atoms with Crippen LogP contribution in [0.2, 0.25) is 5.02 Å². The number of benzene rings is 3. The zero-order chi connectivity index (χ0) is 24.2. The van der Waals surface area contributed by atoms with Crippen molar-refractivity contribution >= 4 is 39.6 Å². The number of rotatable bonds is 6. The lowest BCUT2D eigenvalue weighted by molar-refractivity contribution is 0.415. The molecule has 0 fully saturated rings. The minimum Gasteiger partial charge on any atom is -0.497 e.